The van der Waals surface area contributed by atoms with E-state index in [9.17, 15) is 0 Å². The van der Waals surface area contributed by atoms with Crippen molar-refractivity contribution in [1.82, 2.24) is 0 Å². The number of rotatable bonds is 0. The summed E-state index contributed by atoms with van der Waals surface area (Å²) in [6, 6.07) is 8.22. The molecular weight excluding hydrogens is 143 g/mol. The first-order chi connectivity index (χ1) is 4.97. The zero-order valence-corrected chi connectivity index (χ0v) is 6.42. The normalized spacial score (nSPS) is 17.2. The van der Waals surface area contributed by atoms with Crippen molar-refractivity contribution < 1.29 is 4.42 Å². The van der Waals surface area contributed by atoms with E-state index in [-0.39, 0.29) is 0 Å². The quantitative estimate of drug-likeness (QED) is 0.296. The predicted molar refractivity (Wildman–Crippen MR) is 44.1 cm³/mol. The Kier molecular flexibility index (Phi) is 1.52. The molecule has 0 aromatic heterocycles. The van der Waals surface area contributed by atoms with Gasteiger partial charge in [-0.15, -0.1) is 17.4 Å². The largest absolute Gasteiger partial charge is 0.314 e. The van der Waals surface area contributed by atoms with E-state index in [4.69, 9.17) is 4.42 Å². The minimum Gasteiger partial charge on any atom is -0.314 e. The number of fused-ring (bicyclic) bond motifs is 1. The van der Waals surface area contributed by atoms with E-state index in [1.54, 1.807) is 0 Å². The van der Waals surface area contributed by atoms with Crippen LogP contribution >= 0.6 is 8.58 Å². The van der Waals surface area contributed by atoms with Gasteiger partial charge in [-0.25, -0.2) is 0 Å². The Morgan fingerprint density at radius 2 is 2.30 bits per heavy atom. The van der Waals surface area contributed by atoms with Crippen molar-refractivity contribution in [3.05, 3.63) is 29.8 Å². The highest BCUT2D eigenvalue weighted by molar-refractivity contribution is 7.47. The molecule has 0 radical (unpaired) electrons. The minimum absolute atomic E-state index is 0.788. The van der Waals surface area contributed by atoms with Crippen LogP contribution in [0.25, 0.3) is 0 Å². The van der Waals surface area contributed by atoms with Crippen LogP contribution in [0.15, 0.2) is 24.3 Å². The summed E-state index contributed by atoms with van der Waals surface area (Å²) in [4.78, 5) is 0. The van der Waals surface area contributed by atoms with Crippen LogP contribution < -0.4 is 5.30 Å². The highest BCUT2D eigenvalue weighted by Gasteiger charge is 2.02. The number of hydrogen-bond acceptors (Lipinski definition) is 0. The molecule has 1 aliphatic rings. The molecule has 2 heteroatoms. The van der Waals surface area contributed by atoms with Gasteiger partial charge in [0.15, 0.2) is 0 Å². The Morgan fingerprint density at radius 3 is 3.20 bits per heavy atom. The van der Waals surface area contributed by atoms with Gasteiger partial charge in [0.2, 0.25) is 0 Å². The van der Waals surface area contributed by atoms with E-state index in [1.165, 1.54) is 5.30 Å². The summed E-state index contributed by atoms with van der Waals surface area (Å²) in [7, 11) is 0.788. The molecule has 0 saturated carbocycles. The van der Waals surface area contributed by atoms with Crippen molar-refractivity contribution in [1.29, 1.82) is 0 Å². The first kappa shape index (κ1) is 6.06. The molecule has 0 bridgehead atoms. The highest BCUT2D eigenvalue weighted by atomic mass is 31.1. The fourth-order valence-electron chi connectivity index (χ4n) is 0.954. The standard InChI is InChI=1S/C8H7OP/c1-2-4-8-7(3-1)5-9-6-10-8/h1-4,10H,6H2. The average Bonchev–Trinajstić information content (AvgIpc) is 2.05. The Balaban J connectivity index is 2.54. The molecule has 1 heterocycles. The van der Waals surface area contributed by atoms with E-state index >= 15 is 0 Å². The molecule has 0 saturated heterocycles. The fourth-order valence-corrected chi connectivity index (χ4v) is 1.79. The van der Waals surface area contributed by atoms with Gasteiger partial charge in [0, 0.05) is 0 Å². The van der Waals surface area contributed by atoms with Crippen LogP contribution in [0, 0.1) is 0 Å². The lowest BCUT2D eigenvalue weighted by Crippen LogP contribution is -2.08. The lowest BCUT2D eigenvalue weighted by Gasteiger charge is -2.08. The van der Waals surface area contributed by atoms with Crippen molar-refractivity contribution in [3.8, 4) is 0 Å². The van der Waals surface area contributed by atoms with Crippen LogP contribution in [0.2, 0.25) is 0 Å². The maximum absolute atomic E-state index is 5.06. The molecule has 1 unspecified atom stereocenters. The molecular formula is C8H7OP. The summed E-state index contributed by atoms with van der Waals surface area (Å²) in [5.74, 6) is 0. The predicted octanol–water partition coefficient (Wildman–Crippen LogP) is 0.955. The molecule has 1 aliphatic heterocycles. The van der Waals surface area contributed by atoms with Gasteiger partial charge in [-0.05, 0) is 8.58 Å². The number of hydrogen-bond donors (Lipinski definition) is 0. The van der Waals surface area contributed by atoms with Crippen LogP contribution in [0.5, 0.6) is 0 Å². The summed E-state index contributed by atoms with van der Waals surface area (Å²) >= 11 is 0. The van der Waals surface area contributed by atoms with E-state index in [0.29, 0.717) is 0 Å². The summed E-state index contributed by atoms with van der Waals surface area (Å²) in [6.07, 6.45) is 3.67. The second-order valence-corrected chi connectivity index (χ2v) is 3.29. The summed E-state index contributed by atoms with van der Waals surface area (Å²) < 4.78 is 5.06. The molecule has 2 rings (SSSR count). The van der Waals surface area contributed by atoms with Crippen LogP contribution in [0.3, 0.4) is 0 Å². The molecule has 1 atom stereocenters. The third-order valence-electron chi connectivity index (χ3n) is 1.44. The molecule has 1 nitrogen and oxygen atoms in total. The van der Waals surface area contributed by atoms with Gasteiger partial charge < -0.3 is 4.42 Å². The average molecular weight is 150 g/mol. The molecule has 0 fully saturated rings. The van der Waals surface area contributed by atoms with E-state index in [0.717, 1.165) is 20.5 Å². The number of carbonyl (C=O) groups excluding carboxylic acids is 1. The SMILES string of the molecule is [C-]1=[O+]CPc2ccccc21. The van der Waals surface area contributed by atoms with Gasteiger partial charge in [0.25, 0.3) is 12.6 Å². The second-order valence-electron chi connectivity index (χ2n) is 2.11. The van der Waals surface area contributed by atoms with Crippen molar-refractivity contribution in [2.45, 2.75) is 0 Å². The van der Waals surface area contributed by atoms with Crippen LogP contribution in [-0.4, -0.2) is 12.6 Å². The molecule has 1 aromatic rings. The van der Waals surface area contributed by atoms with Crippen molar-refractivity contribution >= 4 is 20.2 Å². The molecule has 0 N–H and O–H groups in total. The third kappa shape index (κ3) is 0.975. The maximum atomic E-state index is 5.06. The minimum atomic E-state index is 0.788. The van der Waals surface area contributed by atoms with Gasteiger partial charge in [-0.3, -0.25) is 0 Å². The smallest absolute Gasteiger partial charge is 0.291 e. The van der Waals surface area contributed by atoms with Crippen molar-refractivity contribution in [2.24, 2.45) is 0 Å². The van der Waals surface area contributed by atoms with Gasteiger partial charge in [-0.2, -0.15) is 6.07 Å². The Labute approximate surface area is 61.6 Å². The summed E-state index contributed by atoms with van der Waals surface area (Å²) in [5.41, 5.74) is 1.12. The summed E-state index contributed by atoms with van der Waals surface area (Å²) in [5, 5.41) is 1.37. The first-order valence-electron chi connectivity index (χ1n) is 3.17. The molecule has 0 aliphatic carbocycles. The topological polar surface area (TPSA) is 11.3 Å². The Bertz CT molecular complexity index is 268. The Hall–Kier alpha value is -0.680. The molecule has 1 aromatic carbocycles. The zero-order chi connectivity index (χ0) is 6.81. The van der Waals surface area contributed by atoms with Crippen LogP contribution in [-0.2, 0) is 4.42 Å². The van der Waals surface area contributed by atoms with Gasteiger partial charge in [-0.1, -0.05) is 11.6 Å². The second kappa shape index (κ2) is 2.51. The van der Waals surface area contributed by atoms with Gasteiger partial charge in [0.1, 0.15) is 0 Å². The molecule has 0 spiro atoms. The van der Waals surface area contributed by atoms with Crippen molar-refractivity contribution in [2.75, 3.05) is 6.35 Å². The van der Waals surface area contributed by atoms with E-state index < -0.39 is 0 Å². The Morgan fingerprint density at radius 1 is 1.40 bits per heavy atom. The highest BCUT2D eigenvalue weighted by Crippen LogP contribution is 2.14. The first-order valence-corrected chi connectivity index (χ1v) is 4.38. The molecule has 10 heavy (non-hydrogen) atoms. The van der Waals surface area contributed by atoms with Crippen LogP contribution in [0.4, 0.5) is 0 Å². The third-order valence-corrected chi connectivity index (χ3v) is 2.55. The zero-order valence-electron chi connectivity index (χ0n) is 5.42. The monoisotopic (exact) mass is 150 g/mol. The van der Waals surface area contributed by atoms with E-state index in [1.807, 2.05) is 12.1 Å². The van der Waals surface area contributed by atoms with Crippen LogP contribution in [0.1, 0.15) is 5.56 Å². The van der Waals surface area contributed by atoms with Gasteiger partial charge in [0.05, 0.1) is 0 Å². The lowest BCUT2D eigenvalue weighted by molar-refractivity contribution is 0.163. The summed E-state index contributed by atoms with van der Waals surface area (Å²) in [6.45, 7) is 0. The molecule has 50 valence electrons. The molecule has 0 amide bonds. The van der Waals surface area contributed by atoms with E-state index in [2.05, 4.69) is 18.4 Å². The number of benzene rings is 1. The fraction of sp³-hybridized carbons (Fsp3) is 0.125. The maximum Gasteiger partial charge on any atom is 0.291 e. The van der Waals surface area contributed by atoms with Gasteiger partial charge >= 0.3 is 0 Å². The van der Waals surface area contributed by atoms with Crippen molar-refractivity contribution in [3.63, 3.8) is 0 Å². The lowest BCUT2D eigenvalue weighted by atomic mass is 10.2.